The molecule has 36 valence electrons. The van der Waals surface area contributed by atoms with E-state index in [0.717, 1.165) is 0 Å². The molecule has 0 rings (SSSR count). The van der Waals surface area contributed by atoms with Gasteiger partial charge in [-0.1, -0.05) is 6.42 Å². The molecular weight excluding hydrogens is 92.1 g/mol. The molecule has 6 heavy (non-hydrogen) atoms. The van der Waals surface area contributed by atoms with E-state index in [9.17, 15) is 0 Å². The molecule has 0 saturated heterocycles. The molecule has 0 aromatic rings. The van der Waals surface area contributed by atoms with Gasteiger partial charge in [0.1, 0.15) is 6.11 Å². The van der Waals surface area contributed by atoms with E-state index in [1.165, 1.54) is 0 Å². The van der Waals surface area contributed by atoms with Gasteiger partial charge >= 0.3 is 0 Å². The van der Waals surface area contributed by atoms with Crippen LogP contribution in [0, 0.1) is 12.5 Å². The van der Waals surface area contributed by atoms with Crippen LogP contribution < -0.4 is 0 Å². The Bertz CT molecular complexity index is 46.0. The van der Waals surface area contributed by atoms with Crippen LogP contribution in [0.25, 0.3) is 0 Å². The second kappa shape index (κ2) is 8.82. The maximum absolute atomic E-state index is 4.67. The van der Waals surface area contributed by atoms with Crippen LogP contribution in [0.4, 0.5) is 0 Å². The Balaban J connectivity index is 0. The van der Waals surface area contributed by atoms with E-state index in [1.807, 2.05) is 13.0 Å². The van der Waals surface area contributed by atoms with Crippen LogP contribution in [0.3, 0.4) is 0 Å². The first kappa shape index (κ1) is 9.13. The van der Waals surface area contributed by atoms with E-state index in [2.05, 4.69) is 11.2 Å². The van der Waals surface area contributed by atoms with Crippen molar-refractivity contribution >= 4 is 11.0 Å². The standard InChI is InChI=1S/C4H6O.H4Si/c1-3-5-4-2;/h1H,4H2,2H3;1H4. The van der Waals surface area contributed by atoms with Crippen molar-refractivity contribution in [2.75, 3.05) is 6.61 Å². The number of hydrogen-bond acceptors (Lipinski definition) is 1. The molecule has 0 heterocycles. The van der Waals surface area contributed by atoms with E-state index in [1.54, 1.807) is 0 Å². The van der Waals surface area contributed by atoms with E-state index < -0.39 is 0 Å². The third-order valence-electron chi connectivity index (χ3n) is 0.228. The molecule has 0 N–H and O–H groups in total. The molecule has 0 amide bonds. The molecule has 0 unspecified atom stereocenters. The van der Waals surface area contributed by atoms with Crippen molar-refractivity contribution in [3.63, 3.8) is 0 Å². The Labute approximate surface area is 42.7 Å². The molecule has 0 bridgehead atoms. The molecule has 1 nitrogen and oxygen atoms in total. The van der Waals surface area contributed by atoms with E-state index in [0.29, 0.717) is 6.61 Å². The van der Waals surface area contributed by atoms with Gasteiger partial charge in [0.2, 0.25) is 0 Å². The van der Waals surface area contributed by atoms with Crippen molar-refractivity contribution in [3.8, 4) is 12.5 Å². The average Bonchev–Trinajstić information content (AvgIpc) is 1.41. The highest BCUT2D eigenvalue weighted by Gasteiger charge is 1.56. The van der Waals surface area contributed by atoms with Crippen LogP contribution >= 0.6 is 0 Å². The van der Waals surface area contributed by atoms with Crippen LogP contribution in [-0.4, -0.2) is 17.6 Å². The fourth-order valence-corrected chi connectivity index (χ4v) is 0.0833. The van der Waals surface area contributed by atoms with Gasteiger partial charge in [0, 0.05) is 0 Å². The minimum Gasteiger partial charge on any atom is -0.447 e. The predicted molar refractivity (Wildman–Crippen MR) is 31.8 cm³/mol. The third kappa shape index (κ3) is 9.55. The zero-order valence-corrected chi connectivity index (χ0v) is 3.19. The zero-order chi connectivity index (χ0) is 4.12. The topological polar surface area (TPSA) is 9.23 Å². The lowest BCUT2D eigenvalue weighted by Gasteiger charge is -1.79. The van der Waals surface area contributed by atoms with Crippen LogP contribution in [0.15, 0.2) is 0 Å². The van der Waals surface area contributed by atoms with E-state index in [4.69, 9.17) is 0 Å². The Morgan fingerprint density at radius 2 is 2.33 bits per heavy atom. The van der Waals surface area contributed by atoms with E-state index in [-0.39, 0.29) is 11.0 Å². The van der Waals surface area contributed by atoms with Gasteiger partial charge in [-0.15, -0.1) is 0 Å². The monoisotopic (exact) mass is 102 g/mol. The molecule has 0 fully saturated rings. The van der Waals surface area contributed by atoms with Crippen LogP contribution in [0.2, 0.25) is 0 Å². The summed E-state index contributed by atoms with van der Waals surface area (Å²) in [7, 11) is 0. The normalized spacial score (nSPS) is 4.67. The summed E-state index contributed by atoms with van der Waals surface area (Å²) in [5.41, 5.74) is 0. The van der Waals surface area contributed by atoms with Crippen molar-refractivity contribution < 1.29 is 4.74 Å². The second-order valence-corrected chi connectivity index (χ2v) is 0.551. The van der Waals surface area contributed by atoms with Crippen molar-refractivity contribution in [1.82, 2.24) is 0 Å². The summed E-state index contributed by atoms with van der Waals surface area (Å²) in [6.45, 7) is 2.45. The van der Waals surface area contributed by atoms with Crippen molar-refractivity contribution in [3.05, 3.63) is 0 Å². The van der Waals surface area contributed by atoms with Crippen molar-refractivity contribution in [1.29, 1.82) is 0 Å². The minimum atomic E-state index is 0. The second-order valence-electron chi connectivity index (χ2n) is 0.551. The molecule has 0 aromatic carbocycles. The molecule has 0 saturated carbocycles. The lowest BCUT2D eigenvalue weighted by atomic mass is 10.9. The summed E-state index contributed by atoms with van der Waals surface area (Å²) >= 11 is 0. The molecular formula is C4H10OSi. The quantitative estimate of drug-likeness (QED) is 0.310. The Morgan fingerprint density at radius 3 is 2.33 bits per heavy atom. The molecule has 0 atom stereocenters. The Hall–Kier alpha value is -0.423. The highest BCUT2D eigenvalue weighted by atomic mass is 28.1. The SMILES string of the molecule is C#COCC.[SiH4]. The number of ether oxygens (including phenoxy) is 1. The van der Waals surface area contributed by atoms with Crippen molar-refractivity contribution in [2.45, 2.75) is 6.92 Å². The van der Waals surface area contributed by atoms with Crippen LogP contribution in [0.5, 0.6) is 0 Å². The highest BCUT2D eigenvalue weighted by molar-refractivity contribution is 5.75. The maximum atomic E-state index is 4.67. The summed E-state index contributed by atoms with van der Waals surface area (Å²) in [4.78, 5) is 0. The smallest absolute Gasteiger partial charge is 0.106 e. The maximum Gasteiger partial charge on any atom is 0.106 e. The lowest BCUT2D eigenvalue weighted by molar-refractivity contribution is 0.300. The van der Waals surface area contributed by atoms with Crippen molar-refractivity contribution in [2.24, 2.45) is 0 Å². The van der Waals surface area contributed by atoms with Gasteiger partial charge in [-0.25, -0.2) is 0 Å². The summed E-state index contributed by atoms with van der Waals surface area (Å²) < 4.78 is 4.36. The summed E-state index contributed by atoms with van der Waals surface area (Å²) in [5, 5.41) is 0. The lowest BCUT2D eigenvalue weighted by Crippen LogP contribution is -1.73. The summed E-state index contributed by atoms with van der Waals surface area (Å²) in [6.07, 6.45) is 6.68. The van der Waals surface area contributed by atoms with Gasteiger partial charge in [0.05, 0.1) is 6.61 Å². The summed E-state index contributed by atoms with van der Waals surface area (Å²) in [6, 6.07) is 0. The van der Waals surface area contributed by atoms with Gasteiger partial charge in [-0.3, -0.25) is 0 Å². The van der Waals surface area contributed by atoms with E-state index >= 15 is 0 Å². The van der Waals surface area contributed by atoms with Gasteiger partial charge < -0.3 is 4.74 Å². The molecule has 2 heteroatoms. The van der Waals surface area contributed by atoms with Gasteiger partial charge in [0.15, 0.2) is 0 Å². The molecule has 0 aliphatic rings. The van der Waals surface area contributed by atoms with Gasteiger partial charge in [0.25, 0.3) is 0 Å². The number of rotatable bonds is 1. The molecule has 0 aliphatic heterocycles. The largest absolute Gasteiger partial charge is 0.447 e. The summed E-state index contributed by atoms with van der Waals surface area (Å²) in [5.74, 6) is 0. The van der Waals surface area contributed by atoms with Gasteiger partial charge in [-0.05, 0) is 17.9 Å². The first-order chi connectivity index (χ1) is 2.41. The molecule has 0 aromatic heterocycles. The third-order valence-corrected chi connectivity index (χ3v) is 0.228. The fourth-order valence-electron chi connectivity index (χ4n) is 0.0833. The number of terminal acetylenes is 1. The first-order valence-corrected chi connectivity index (χ1v) is 1.49. The zero-order valence-electron chi connectivity index (χ0n) is 3.19. The molecule has 0 spiro atoms. The van der Waals surface area contributed by atoms with Crippen LogP contribution in [0.1, 0.15) is 6.92 Å². The van der Waals surface area contributed by atoms with Gasteiger partial charge in [-0.2, -0.15) is 0 Å². The first-order valence-electron chi connectivity index (χ1n) is 1.49. The molecule has 0 radical (unpaired) electrons. The minimum absolute atomic E-state index is 0. The average molecular weight is 102 g/mol. The Kier molecular flexibility index (Phi) is 13.4. The Morgan fingerprint density at radius 1 is 1.83 bits per heavy atom. The van der Waals surface area contributed by atoms with Crippen LogP contribution in [-0.2, 0) is 4.74 Å². The highest BCUT2D eigenvalue weighted by Crippen LogP contribution is 1.58. The fraction of sp³-hybridized carbons (Fsp3) is 0.500. The predicted octanol–water partition coefficient (Wildman–Crippen LogP) is -0.838. The number of hydrogen-bond donors (Lipinski definition) is 0. The molecule has 0 aliphatic carbocycles.